The van der Waals surface area contributed by atoms with Gasteiger partial charge in [-0.15, -0.1) is 0 Å². The molecule has 2 rings (SSSR count). The van der Waals surface area contributed by atoms with E-state index in [1.807, 2.05) is 37.3 Å². The molecule has 1 atom stereocenters. The lowest BCUT2D eigenvalue weighted by atomic mass is 9.87. The summed E-state index contributed by atoms with van der Waals surface area (Å²) in [5.41, 5.74) is 3.47. The maximum atomic E-state index is 10.8. The van der Waals surface area contributed by atoms with E-state index < -0.39 is 5.60 Å². The lowest BCUT2D eigenvalue weighted by molar-refractivity contribution is 0.0569. The highest BCUT2D eigenvalue weighted by molar-refractivity contribution is 5.38. The fourth-order valence-corrected chi connectivity index (χ4v) is 2.40. The molecule has 0 amide bonds. The summed E-state index contributed by atoms with van der Waals surface area (Å²) in [5, 5.41) is 10.8. The lowest BCUT2D eigenvalue weighted by Crippen LogP contribution is -2.24. The first-order chi connectivity index (χ1) is 9.44. The van der Waals surface area contributed by atoms with Gasteiger partial charge in [0.15, 0.2) is 0 Å². The van der Waals surface area contributed by atoms with Gasteiger partial charge in [-0.05, 0) is 49.1 Å². The SMILES string of the molecule is COc1ccccc1CC(C)(O)c1ccc(C)c(C)c1. The van der Waals surface area contributed by atoms with Gasteiger partial charge in [0.1, 0.15) is 5.75 Å². The monoisotopic (exact) mass is 270 g/mol. The van der Waals surface area contributed by atoms with Crippen LogP contribution in [0.15, 0.2) is 42.5 Å². The summed E-state index contributed by atoms with van der Waals surface area (Å²) >= 11 is 0. The van der Waals surface area contributed by atoms with Crippen molar-refractivity contribution in [2.24, 2.45) is 0 Å². The fourth-order valence-electron chi connectivity index (χ4n) is 2.40. The van der Waals surface area contributed by atoms with Crippen molar-refractivity contribution >= 4 is 0 Å². The summed E-state index contributed by atoms with van der Waals surface area (Å²) in [5.74, 6) is 0.816. The molecule has 0 aromatic heterocycles. The van der Waals surface area contributed by atoms with Crippen LogP contribution < -0.4 is 4.74 Å². The van der Waals surface area contributed by atoms with E-state index in [1.54, 1.807) is 7.11 Å². The number of ether oxygens (including phenoxy) is 1. The Balaban J connectivity index is 2.32. The largest absolute Gasteiger partial charge is 0.496 e. The van der Waals surface area contributed by atoms with Crippen LogP contribution >= 0.6 is 0 Å². The average Bonchev–Trinajstić information content (AvgIpc) is 2.42. The number of hydrogen-bond acceptors (Lipinski definition) is 2. The summed E-state index contributed by atoms with van der Waals surface area (Å²) < 4.78 is 5.36. The molecule has 2 nitrogen and oxygen atoms in total. The average molecular weight is 270 g/mol. The Morgan fingerprint density at radius 3 is 2.40 bits per heavy atom. The number of para-hydroxylation sites is 1. The molecule has 0 fully saturated rings. The van der Waals surface area contributed by atoms with Crippen LogP contribution in [-0.2, 0) is 12.0 Å². The third kappa shape index (κ3) is 3.02. The predicted molar refractivity (Wildman–Crippen MR) is 82.2 cm³/mol. The van der Waals surface area contributed by atoms with Crippen molar-refractivity contribution in [3.63, 3.8) is 0 Å². The fraction of sp³-hybridized carbons (Fsp3) is 0.333. The van der Waals surface area contributed by atoms with E-state index in [4.69, 9.17) is 4.74 Å². The standard InChI is InChI=1S/C18H22O2/c1-13-9-10-16(11-14(13)2)18(3,19)12-15-7-5-6-8-17(15)20-4/h5-11,19H,12H2,1-4H3. The van der Waals surface area contributed by atoms with Crippen molar-refractivity contribution < 1.29 is 9.84 Å². The quantitative estimate of drug-likeness (QED) is 0.916. The number of aliphatic hydroxyl groups is 1. The van der Waals surface area contributed by atoms with Gasteiger partial charge in [0, 0.05) is 6.42 Å². The Morgan fingerprint density at radius 1 is 1.05 bits per heavy atom. The van der Waals surface area contributed by atoms with E-state index in [0.29, 0.717) is 6.42 Å². The number of benzene rings is 2. The van der Waals surface area contributed by atoms with Gasteiger partial charge < -0.3 is 9.84 Å². The normalized spacial score (nSPS) is 13.8. The van der Waals surface area contributed by atoms with Crippen molar-refractivity contribution in [1.29, 1.82) is 0 Å². The topological polar surface area (TPSA) is 29.5 Å². The Kier molecular flexibility index (Phi) is 4.15. The molecule has 106 valence electrons. The molecule has 1 unspecified atom stereocenters. The molecular formula is C18H22O2. The molecule has 2 aromatic rings. The first kappa shape index (κ1) is 14.6. The minimum Gasteiger partial charge on any atom is -0.496 e. The van der Waals surface area contributed by atoms with Crippen LogP contribution in [0.1, 0.15) is 29.2 Å². The second kappa shape index (κ2) is 5.68. The van der Waals surface area contributed by atoms with Gasteiger partial charge >= 0.3 is 0 Å². The summed E-state index contributed by atoms with van der Waals surface area (Å²) in [7, 11) is 1.66. The summed E-state index contributed by atoms with van der Waals surface area (Å²) in [6.45, 7) is 6.00. The molecule has 0 aliphatic rings. The smallest absolute Gasteiger partial charge is 0.122 e. The van der Waals surface area contributed by atoms with Gasteiger partial charge in [0.25, 0.3) is 0 Å². The molecule has 0 spiro atoms. The molecular weight excluding hydrogens is 248 g/mol. The summed E-state index contributed by atoms with van der Waals surface area (Å²) in [4.78, 5) is 0. The molecule has 20 heavy (non-hydrogen) atoms. The van der Waals surface area contributed by atoms with Gasteiger partial charge in [-0.2, -0.15) is 0 Å². The number of hydrogen-bond donors (Lipinski definition) is 1. The van der Waals surface area contributed by atoms with E-state index >= 15 is 0 Å². The van der Waals surface area contributed by atoms with Gasteiger partial charge in [-0.3, -0.25) is 0 Å². The van der Waals surface area contributed by atoms with Crippen LogP contribution in [0.4, 0.5) is 0 Å². The maximum absolute atomic E-state index is 10.8. The highest BCUT2D eigenvalue weighted by atomic mass is 16.5. The van der Waals surface area contributed by atoms with Gasteiger partial charge in [-0.1, -0.05) is 36.4 Å². The predicted octanol–water partition coefficient (Wildman–Crippen LogP) is 3.76. The molecule has 2 aromatic carbocycles. The molecule has 0 saturated heterocycles. The first-order valence-corrected chi connectivity index (χ1v) is 6.86. The second-order valence-corrected chi connectivity index (χ2v) is 5.56. The molecule has 0 saturated carbocycles. The molecule has 0 heterocycles. The third-order valence-corrected chi connectivity index (χ3v) is 3.86. The number of aryl methyl sites for hydroxylation is 2. The van der Waals surface area contributed by atoms with Gasteiger partial charge in [0.2, 0.25) is 0 Å². The number of methoxy groups -OCH3 is 1. The molecule has 0 aliphatic heterocycles. The third-order valence-electron chi connectivity index (χ3n) is 3.86. The van der Waals surface area contributed by atoms with E-state index in [9.17, 15) is 5.11 Å². The minimum absolute atomic E-state index is 0.527. The Labute approximate surface area is 121 Å². The van der Waals surface area contributed by atoms with Crippen molar-refractivity contribution in [2.45, 2.75) is 32.8 Å². The summed E-state index contributed by atoms with van der Waals surface area (Å²) in [6, 6.07) is 13.9. The van der Waals surface area contributed by atoms with Crippen LogP contribution in [0.25, 0.3) is 0 Å². The molecule has 0 aliphatic carbocycles. The van der Waals surface area contributed by atoms with Crippen LogP contribution in [0.2, 0.25) is 0 Å². The van der Waals surface area contributed by atoms with Crippen LogP contribution in [0, 0.1) is 13.8 Å². The summed E-state index contributed by atoms with van der Waals surface area (Å²) in [6.07, 6.45) is 0.527. The zero-order chi connectivity index (χ0) is 14.8. The van der Waals surface area contributed by atoms with Crippen molar-refractivity contribution in [2.75, 3.05) is 7.11 Å². The second-order valence-electron chi connectivity index (χ2n) is 5.56. The van der Waals surface area contributed by atoms with Crippen LogP contribution in [0.3, 0.4) is 0 Å². The van der Waals surface area contributed by atoms with Gasteiger partial charge in [-0.25, -0.2) is 0 Å². The Morgan fingerprint density at radius 2 is 1.75 bits per heavy atom. The highest BCUT2D eigenvalue weighted by Crippen LogP contribution is 2.30. The van der Waals surface area contributed by atoms with Crippen molar-refractivity contribution in [3.05, 3.63) is 64.7 Å². The number of rotatable bonds is 4. The highest BCUT2D eigenvalue weighted by Gasteiger charge is 2.25. The maximum Gasteiger partial charge on any atom is 0.122 e. The van der Waals surface area contributed by atoms with Gasteiger partial charge in [0.05, 0.1) is 12.7 Å². The molecule has 1 N–H and O–H groups in total. The van der Waals surface area contributed by atoms with Crippen molar-refractivity contribution in [1.82, 2.24) is 0 Å². The van der Waals surface area contributed by atoms with E-state index in [0.717, 1.165) is 16.9 Å². The van der Waals surface area contributed by atoms with Crippen molar-refractivity contribution in [3.8, 4) is 5.75 Å². The van der Waals surface area contributed by atoms with Crippen LogP contribution in [-0.4, -0.2) is 12.2 Å². The Hall–Kier alpha value is -1.80. The molecule has 0 radical (unpaired) electrons. The van der Waals surface area contributed by atoms with Crippen LogP contribution in [0.5, 0.6) is 5.75 Å². The Bertz CT molecular complexity index is 600. The molecule has 2 heteroatoms. The zero-order valence-electron chi connectivity index (χ0n) is 12.6. The minimum atomic E-state index is -0.910. The van der Waals surface area contributed by atoms with E-state index in [2.05, 4.69) is 26.0 Å². The first-order valence-electron chi connectivity index (χ1n) is 6.86. The zero-order valence-corrected chi connectivity index (χ0v) is 12.6. The lowest BCUT2D eigenvalue weighted by Gasteiger charge is -2.25. The van der Waals surface area contributed by atoms with E-state index in [1.165, 1.54) is 11.1 Å². The van der Waals surface area contributed by atoms with E-state index in [-0.39, 0.29) is 0 Å². The molecule has 0 bridgehead atoms.